The Bertz CT molecular complexity index is 2420. The third-order valence-electron chi connectivity index (χ3n) is 14.1. The summed E-state index contributed by atoms with van der Waals surface area (Å²) in [5, 5.41) is 1.31. The molecular formula is C44H60N4O8. The molecule has 2 aromatic heterocycles. The van der Waals surface area contributed by atoms with Gasteiger partial charge in [0.2, 0.25) is 0 Å². The Kier molecular flexibility index (Phi) is 7.35. The number of ether oxygens (including phenoxy) is 8. The third-order valence-corrected chi connectivity index (χ3v) is 14.1. The quantitative estimate of drug-likeness (QED) is 0.301. The van der Waals surface area contributed by atoms with Gasteiger partial charge >= 0.3 is 0 Å². The van der Waals surface area contributed by atoms with Crippen LogP contribution in [0.3, 0.4) is 0 Å². The maximum absolute atomic E-state index is 7.06. The van der Waals surface area contributed by atoms with E-state index in [1.807, 2.05) is 143 Å². The second kappa shape index (κ2) is 10.7. The molecule has 8 rings (SSSR count). The molecule has 6 aliphatic heterocycles. The van der Waals surface area contributed by atoms with Crippen LogP contribution in [0.5, 0.6) is 23.0 Å². The van der Waals surface area contributed by atoms with E-state index in [0.717, 1.165) is 17.1 Å². The van der Waals surface area contributed by atoms with Gasteiger partial charge in [0, 0.05) is 14.1 Å². The molecule has 2 aromatic rings. The van der Waals surface area contributed by atoms with Crippen molar-refractivity contribution in [1.82, 2.24) is 9.13 Å². The molecule has 12 heteroatoms. The summed E-state index contributed by atoms with van der Waals surface area (Å²) >= 11 is 0. The Morgan fingerprint density at radius 2 is 0.714 bits per heavy atom. The van der Waals surface area contributed by atoms with Gasteiger partial charge in [-0.2, -0.15) is 0 Å². The molecular weight excluding hydrogens is 713 g/mol. The van der Waals surface area contributed by atoms with E-state index in [0.29, 0.717) is 73.8 Å². The van der Waals surface area contributed by atoms with Crippen LogP contribution in [0.4, 0.5) is 0 Å². The Morgan fingerprint density at radius 3 is 1.18 bits per heavy atom. The molecule has 304 valence electrons. The number of hydrogen-bond acceptors (Lipinski definition) is 10. The molecule has 0 unspecified atom stereocenters. The SMILES string of the molecule is CC1=N/C(=c2\c3c(/c(=C4\N=C(c5c6c(c(C)n5C)OC(C)(C)C(C)(C)O6)C5=C4OC(C)(C)C(C)(C)O5)n2C)OC(C)(C)C(C)(C)O3)C2=C1OC(C)(C)C(C)(C)O2. The lowest BCUT2D eigenvalue weighted by Crippen LogP contribution is -2.57. The van der Waals surface area contributed by atoms with Crippen molar-refractivity contribution in [2.75, 3.05) is 0 Å². The van der Waals surface area contributed by atoms with E-state index in [2.05, 4.69) is 4.57 Å². The molecule has 56 heavy (non-hydrogen) atoms. The van der Waals surface area contributed by atoms with Gasteiger partial charge in [0.25, 0.3) is 0 Å². The topological polar surface area (TPSA) is 108 Å². The van der Waals surface area contributed by atoms with Crippen molar-refractivity contribution in [3.8, 4) is 23.0 Å². The van der Waals surface area contributed by atoms with Crippen molar-refractivity contribution in [3.63, 3.8) is 0 Å². The van der Waals surface area contributed by atoms with E-state index in [1.165, 1.54) is 0 Å². The first-order valence-corrected chi connectivity index (χ1v) is 19.7. The highest BCUT2D eigenvalue weighted by molar-refractivity contribution is 6.19. The van der Waals surface area contributed by atoms with Gasteiger partial charge in [-0.1, -0.05) is 0 Å². The summed E-state index contributed by atoms with van der Waals surface area (Å²) < 4.78 is 59.2. The lowest BCUT2D eigenvalue weighted by atomic mass is 9.87. The van der Waals surface area contributed by atoms with E-state index in [4.69, 9.17) is 47.9 Å². The lowest BCUT2D eigenvalue weighted by Gasteiger charge is -2.46. The number of fused-ring (bicyclic) bond motifs is 2. The molecule has 12 nitrogen and oxygen atoms in total. The molecule has 0 aliphatic carbocycles. The van der Waals surface area contributed by atoms with Crippen LogP contribution in [0.1, 0.15) is 129 Å². The summed E-state index contributed by atoms with van der Waals surface area (Å²) in [6.45, 7) is 36.5. The zero-order valence-electron chi connectivity index (χ0n) is 37.1. The van der Waals surface area contributed by atoms with Crippen molar-refractivity contribution < 1.29 is 37.9 Å². The summed E-state index contributed by atoms with van der Waals surface area (Å²) in [7, 11) is 3.97. The Hall–Kier alpha value is -4.48. The van der Waals surface area contributed by atoms with Crippen LogP contribution < -0.4 is 29.6 Å². The van der Waals surface area contributed by atoms with Crippen molar-refractivity contribution in [3.05, 3.63) is 45.1 Å². The molecule has 0 saturated heterocycles. The molecule has 0 amide bonds. The molecule has 0 saturated carbocycles. The van der Waals surface area contributed by atoms with Gasteiger partial charge in [0.05, 0.1) is 11.4 Å². The predicted molar refractivity (Wildman–Crippen MR) is 215 cm³/mol. The minimum Gasteiger partial charge on any atom is -0.478 e. The molecule has 0 N–H and O–H groups in total. The Morgan fingerprint density at radius 1 is 0.375 bits per heavy atom. The van der Waals surface area contributed by atoms with Gasteiger partial charge < -0.3 is 47.0 Å². The van der Waals surface area contributed by atoms with Gasteiger partial charge in [0.1, 0.15) is 78.3 Å². The number of rotatable bonds is 1. The van der Waals surface area contributed by atoms with E-state index in [9.17, 15) is 0 Å². The van der Waals surface area contributed by atoms with Crippen LogP contribution in [-0.4, -0.2) is 65.4 Å². The molecule has 0 atom stereocenters. The van der Waals surface area contributed by atoms with E-state index >= 15 is 0 Å². The van der Waals surface area contributed by atoms with Crippen molar-refractivity contribution in [2.24, 2.45) is 24.1 Å². The minimum atomic E-state index is -0.753. The highest BCUT2D eigenvalue weighted by Crippen LogP contribution is 2.53. The number of aliphatic imine (C=N–C) groups is 2. The van der Waals surface area contributed by atoms with E-state index in [-0.39, 0.29) is 0 Å². The number of aromatic nitrogens is 2. The molecule has 0 bridgehead atoms. The first-order chi connectivity index (χ1) is 25.4. The Balaban J connectivity index is 1.50. The van der Waals surface area contributed by atoms with Crippen LogP contribution in [0.25, 0.3) is 11.4 Å². The number of hydrogen-bond donors (Lipinski definition) is 0. The smallest absolute Gasteiger partial charge is 0.192 e. The second-order valence-electron chi connectivity index (χ2n) is 20.1. The maximum atomic E-state index is 7.06. The van der Waals surface area contributed by atoms with E-state index in [1.54, 1.807) is 0 Å². The first-order valence-electron chi connectivity index (χ1n) is 19.7. The molecule has 0 spiro atoms. The van der Waals surface area contributed by atoms with Crippen LogP contribution in [0.2, 0.25) is 0 Å². The van der Waals surface area contributed by atoms with Gasteiger partial charge in [-0.05, 0) is 125 Å². The van der Waals surface area contributed by atoms with Crippen molar-refractivity contribution in [1.29, 1.82) is 0 Å². The fourth-order valence-corrected chi connectivity index (χ4v) is 7.46. The zero-order valence-corrected chi connectivity index (χ0v) is 37.1. The van der Waals surface area contributed by atoms with Crippen LogP contribution in [0.15, 0.2) is 33.0 Å². The molecule has 0 aromatic carbocycles. The summed E-state index contributed by atoms with van der Waals surface area (Å²) in [6, 6.07) is 0. The molecule has 0 radical (unpaired) electrons. The largest absolute Gasteiger partial charge is 0.478 e. The highest BCUT2D eigenvalue weighted by atomic mass is 16.6. The predicted octanol–water partition coefficient (Wildman–Crippen LogP) is 7.15. The van der Waals surface area contributed by atoms with Gasteiger partial charge in [-0.15, -0.1) is 0 Å². The zero-order chi connectivity index (χ0) is 41.5. The standard InChI is InChI=1S/C44H60N4O8/c1-21-29-31(51-39(7,8)37(3,4)49-29)23(45-21)27-35-36(56-44(17,18)43(15,16)55-35)28(48(27)20)25-33-32(52-40(9,10)41(11,12)53-33)24(46-25)26-34-30(22(2)47(26)19)50-38(5,6)42(13,14)54-34/h1-20H3/b27-23+,28-25+. The number of allylic oxidation sites excluding steroid dienone is 2. The third kappa shape index (κ3) is 4.82. The summed E-state index contributed by atoms with van der Waals surface area (Å²) in [6.07, 6.45) is 0. The first kappa shape index (κ1) is 38.4. The average molecular weight is 773 g/mol. The maximum Gasteiger partial charge on any atom is 0.192 e. The molecule has 0 fully saturated rings. The number of nitrogens with zero attached hydrogens (tertiary/aromatic N) is 4. The van der Waals surface area contributed by atoms with Crippen LogP contribution in [-0.2, 0) is 33.0 Å². The average Bonchev–Trinajstić information content (AvgIpc) is 3.66. The normalized spacial score (nSPS) is 27.9. The summed E-state index contributed by atoms with van der Waals surface area (Å²) in [5.41, 5.74) is -1.47. The van der Waals surface area contributed by atoms with E-state index < -0.39 is 44.8 Å². The second-order valence-corrected chi connectivity index (χ2v) is 20.1. The minimum absolute atomic E-state index is 0.491. The lowest BCUT2D eigenvalue weighted by molar-refractivity contribution is -0.157. The van der Waals surface area contributed by atoms with Crippen LogP contribution >= 0.6 is 0 Å². The monoisotopic (exact) mass is 772 g/mol. The van der Waals surface area contributed by atoms with Gasteiger partial charge in [0.15, 0.2) is 46.0 Å². The van der Waals surface area contributed by atoms with Crippen molar-refractivity contribution >= 4 is 22.8 Å². The fourth-order valence-electron chi connectivity index (χ4n) is 7.46. The summed E-state index contributed by atoms with van der Waals surface area (Å²) in [5.74, 6) is 4.50. The van der Waals surface area contributed by atoms with Gasteiger partial charge in [-0.25, -0.2) is 9.98 Å². The molecule has 8 heterocycles. The molecule has 6 aliphatic rings. The van der Waals surface area contributed by atoms with Crippen molar-refractivity contribution in [2.45, 2.75) is 169 Å². The highest BCUT2D eigenvalue weighted by Gasteiger charge is 2.55. The van der Waals surface area contributed by atoms with Crippen LogP contribution in [0, 0.1) is 6.92 Å². The summed E-state index contributed by atoms with van der Waals surface area (Å²) in [4.78, 5) is 10.6. The fraction of sp³-hybridized carbons (Fsp3) is 0.636. The Labute approximate surface area is 330 Å². The van der Waals surface area contributed by atoms with Gasteiger partial charge in [-0.3, -0.25) is 0 Å².